The fourth-order valence-corrected chi connectivity index (χ4v) is 3.33. The number of aromatic nitrogens is 2. The van der Waals surface area contributed by atoms with Crippen LogP contribution in [0, 0.1) is 0 Å². The molecule has 2 aliphatic rings. The molecule has 0 saturated carbocycles. The first-order valence-corrected chi connectivity index (χ1v) is 8.23. The standard InChI is InChI=1S/C6H8ClN3S2.C4H9NO/c7-5-6(9-12-8-5)10-1-3-11-4-2-10;1-3-6-4-2-5-1/h1-4H2;5H,1-4H2. The first kappa shape index (κ1) is 14.3. The van der Waals surface area contributed by atoms with Crippen molar-refractivity contribution in [2.75, 3.05) is 55.8 Å². The predicted octanol–water partition coefficient (Wildman–Crippen LogP) is 1.35. The van der Waals surface area contributed by atoms with Gasteiger partial charge in [-0.15, -0.1) is 0 Å². The summed E-state index contributed by atoms with van der Waals surface area (Å²) < 4.78 is 13.1. The maximum atomic E-state index is 5.86. The molecular weight excluding hydrogens is 292 g/mol. The van der Waals surface area contributed by atoms with Gasteiger partial charge in [-0.05, 0) is 0 Å². The lowest BCUT2D eigenvalue weighted by Crippen LogP contribution is -2.32. The molecule has 0 bridgehead atoms. The predicted molar refractivity (Wildman–Crippen MR) is 78.1 cm³/mol. The molecule has 0 aromatic carbocycles. The van der Waals surface area contributed by atoms with E-state index in [0.29, 0.717) is 5.15 Å². The minimum Gasteiger partial charge on any atom is -0.379 e. The van der Waals surface area contributed by atoms with E-state index in [2.05, 4.69) is 19.0 Å². The second kappa shape index (κ2) is 8.16. The summed E-state index contributed by atoms with van der Waals surface area (Å²) >= 11 is 9.01. The van der Waals surface area contributed by atoms with Crippen LogP contribution in [0.5, 0.6) is 0 Å². The van der Waals surface area contributed by atoms with Crippen molar-refractivity contribution >= 4 is 40.9 Å². The number of rotatable bonds is 1. The minimum absolute atomic E-state index is 0.548. The second-order valence-corrected chi connectivity index (χ2v) is 5.95. The fourth-order valence-electron chi connectivity index (χ4n) is 1.65. The van der Waals surface area contributed by atoms with Crippen LogP contribution in [0.25, 0.3) is 0 Å². The van der Waals surface area contributed by atoms with Gasteiger partial charge in [0.15, 0.2) is 11.0 Å². The van der Waals surface area contributed by atoms with Crippen molar-refractivity contribution in [2.45, 2.75) is 0 Å². The summed E-state index contributed by atoms with van der Waals surface area (Å²) in [4.78, 5) is 2.20. The van der Waals surface area contributed by atoms with Gasteiger partial charge >= 0.3 is 0 Å². The van der Waals surface area contributed by atoms with Gasteiger partial charge in [0.1, 0.15) is 0 Å². The molecule has 2 fully saturated rings. The molecule has 3 heterocycles. The van der Waals surface area contributed by atoms with E-state index in [1.807, 2.05) is 11.8 Å². The summed E-state index contributed by atoms with van der Waals surface area (Å²) in [5, 5.41) is 3.71. The van der Waals surface area contributed by atoms with E-state index < -0.39 is 0 Å². The lowest BCUT2D eigenvalue weighted by Gasteiger charge is -2.25. The van der Waals surface area contributed by atoms with Gasteiger partial charge in [-0.2, -0.15) is 20.5 Å². The Hall–Kier alpha value is -0.0800. The number of thioether (sulfide) groups is 1. The van der Waals surface area contributed by atoms with Gasteiger partial charge in [0.05, 0.1) is 24.9 Å². The van der Waals surface area contributed by atoms with Gasteiger partial charge in [-0.1, -0.05) is 11.6 Å². The molecule has 0 unspecified atom stereocenters. The molecule has 2 saturated heterocycles. The zero-order chi connectivity index (χ0) is 12.6. The Kier molecular flexibility index (Phi) is 6.50. The average Bonchev–Trinajstić information content (AvgIpc) is 2.89. The van der Waals surface area contributed by atoms with E-state index in [9.17, 15) is 0 Å². The number of anilines is 1. The van der Waals surface area contributed by atoms with E-state index in [1.165, 1.54) is 11.7 Å². The molecule has 0 atom stereocenters. The van der Waals surface area contributed by atoms with Crippen molar-refractivity contribution in [3.8, 4) is 0 Å². The fraction of sp³-hybridized carbons (Fsp3) is 0.800. The molecule has 0 aliphatic carbocycles. The maximum absolute atomic E-state index is 5.86. The van der Waals surface area contributed by atoms with Crippen LogP contribution in [0.1, 0.15) is 0 Å². The van der Waals surface area contributed by atoms with Crippen LogP contribution in [0.4, 0.5) is 5.82 Å². The molecule has 8 heteroatoms. The topological polar surface area (TPSA) is 50.3 Å². The van der Waals surface area contributed by atoms with Crippen molar-refractivity contribution in [2.24, 2.45) is 0 Å². The number of morpholine rings is 1. The molecule has 0 amide bonds. The lowest BCUT2D eigenvalue weighted by atomic mass is 10.5. The first-order chi connectivity index (χ1) is 8.88. The molecule has 1 aromatic rings. The molecule has 18 heavy (non-hydrogen) atoms. The van der Waals surface area contributed by atoms with Gasteiger partial charge in [0.25, 0.3) is 0 Å². The Bertz CT molecular complexity index is 331. The number of nitrogens with zero attached hydrogens (tertiary/aromatic N) is 3. The van der Waals surface area contributed by atoms with Gasteiger partial charge < -0.3 is 15.0 Å². The lowest BCUT2D eigenvalue weighted by molar-refractivity contribution is 0.109. The van der Waals surface area contributed by atoms with E-state index >= 15 is 0 Å². The number of hydrogen-bond acceptors (Lipinski definition) is 7. The third kappa shape index (κ3) is 4.55. The van der Waals surface area contributed by atoms with E-state index in [4.69, 9.17) is 16.3 Å². The zero-order valence-electron chi connectivity index (χ0n) is 10.1. The van der Waals surface area contributed by atoms with Crippen LogP contribution in [0.15, 0.2) is 0 Å². The molecule has 5 nitrogen and oxygen atoms in total. The Morgan fingerprint density at radius 2 is 1.89 bits per heavy atom. The summed E-state index contributed by atoms with van der Waals surface area (Å²) in [6.45, 7) is 5.91. The quantitative estimate of drug-likeness (QED) is 0.845. The maximum Gasteiger partial charge on any atom is 0.187 e. The van der Waals surface area contributed by atoms with Gasteiger partial charge in [0, 0.05) is 37.7 Å². The minimum atomic E-state index is 0.548. The van der Waals surface area contributed by atoms with Crippen LogP contribution >= 0.6 is 35.1 Å². The zero-order valence-corrected chi connectivity index (χ0v) is 12.5. The Morgan fingerprint density at radius 1 is 1.17 bits per heavy atom. The summed E-state index contributed by atoms with van der Waals surface area (Å²) in [7, 11) is 0. The van der Waals surface area contributed by atoms with Crippen molar-refractivity contribution in [3.63, 3.8) is 0 Å². The number of nitrogens with one attached hydrogen (secondary N) is 1. The molecule has 0 spiro atoms. The summed E-state index contributed by atoms with van der Waals surface area (Å²) in [6, 6.07) is 0. The van der Waals surface area contributed by atoms with E-state index in [-0.39, 0.29) is 0 Å². The SMILES string of the molecule is C1COCCN1.Clc1nsnc1N1CCSCC1. The van der Waals surface area contributed by atoms with E-state index in [1.54, 1.807) is 0 Å². The van der Waals surface area contributed by atoms with Gasteiger partial charge in [-0.3, -0.25) is 0 Å². The van der Waals surface area contributed by atoms with Crippen molar-refractivity contribution < 1.29 is 4.74 Å². The van der Waals surface area contributed by atoms with Crippen LogP contribution in [-0.2, 0) is 4.74 Å². The second-order valence-electron chi connectivity index (χ2n) is 3.84. The third-order valence-corrected chi connectivity index (χ3v) is 4.40. The van der Waals surface area contributed by atoms with Crippen LogP contribution in [0.3, 0.4) is 0 Å². The summed E-state index contributed by atoms with van der Waals surface area (Å²) in [5.41, 5.74) is 0. The van der Waals surface area contributed by atoms with E-state index in [0.717, 1.165) is 56.7 Å². The van der Waals surface area contributed by atoms with Crippen LogP contribution in [-0.4, -0.2) is 59.6 Å². The van der Waals surface area contributed by atoms with Crippen LogP contribution in [0.2, 0.25) is 5.15 Å². The molecular formula is C10H17ClN4OS2. The van der Waals surface area contributed by atoms with Crippen molar-refractivity contribution in [3.05, 3.63) is 5.15 Å². The number of halogens is 1. The highest BCUT2D eigenvalue weighted by Gasteiger charge is 2.16. The largest absolute Gasteiger partial charge is 0.379 e. The monoisotopic (exact) mass is 308 g/mol. The number of hydrogen-bond donors (Lipinski definition) is 1. The third-order valence-electron chi connectivity index (χ3n) is 2.59. The normalized spacial score (nSPS) is 20.2. The van der Waals surface area contributed by atoms with Crippen LogP contribution < -0.4 is 10.2 Å². The molecule has 1 aromatic heterocycles. The Morgan fingerprint density at radius 3 is 2.33 bits per heavy atom. The molecule has 102 valence electrons. The molecule has 0 radical (unpaired) electrons. The molecule has 2 aliphatic heterocycles. The highest BCUT2D eigenvalue weighted by molar-refractivity contribution is 7.99. The summed E-state index contributed by atoms with van der Waals surface area (Å²) in [6.07, 6.45) is 0. The first-order valence-electron chi connectivity index (χ1n) is 5.97. The average molecular weight is 309 g/mol. The number of ether oxygens (including phenoxy) is 1. The highest BCUT2D eigenvalue weighted by Crippen LogP contribution is 2.24. The molecule has 3 rings (SSSR count). The molecule has 1 N–H and O–H groups in total. The van der Waals surface area contributed by atoms with Crippen molar-refractivity contribution in [1.29, 1.82) is 0 Å². The van der Waals surface area contributed by atoms with Gasteiger partial charge in [-0.25, -0.2) is 0 Å². The highest BCUT2D eigenvalue weighted by atomic mass is 35.5. The van der Waals surface area contributed by atoms with Gasteiger partial charge in [0.2, 0.25) is 0 Å². The smallest absolute Gasteiger partial charge is 0.187 e. The Labute approximate surface area is 121 Å². The summed E-state index contributed by atoms with van der Waals surface area (Å²) in [5.74, 6) is 3.18. The van der Waals surface area contributed by atoms with Crippen molar-refractivity contribution in [1.82, 2.24) is 14.1 Å². The Balaban J connectivity index is 0.000000169.